The molecule has 1 aromatic carbocycles. The fraction of sp³-hybridized carbons (Fsp3) is 0.0526. The van der Waals surface area contributed by atoms with Crippen molar-refractivity contribution in [2.45, 2.75) is 6.42 Å². The van der Waals surface area contributed by atoms with Gasteiger partial charge in [0.1, 0.15) is 0 Å². The molecule has 0 amide bonds. The average molecular weight is 246 g/mol. The lowest BCUT2D eigenvalue weighted by Gasteiger charge is -1.88. The lowest BCUT2D eigenvalue weighted by molar-refractivity contribution is 1.33. The summed E-state index contributed by atoms with van der Waals surface area (Å²) in [5.41, 5.74) is 2.58. The van der Waals surface area contributed by atoms with Crippen molar-refractivity contribution >= 4 is 6.08 Å². The number of allylic oxidation sites excluding steroid dienone is 11. The fourth-order valence-electron chi connectivity index (χ4n) is 1.75. The number of rotatable bonds is 5. The largest absolute Gasteiger partial charge is 0.0801 e. The predicted octanol–water partition coefficient (Wildman–Crippen LogP) is 5.25. The van der Waals surface area contributed by atoms with Gasteiger partial charge in [-0.25, -0.2) is 0 Å². The molecule has 0 saturated heterocycles. The molecule has 2 rings (SSSR count). The maximum atomic E-state index is 2.16. The van der Waals surface area contributed by atoms with Crippen LogP contribution in [0.3, 0.4) is 0 Å². The normalized spacial score (nSPS) is 15.5. The van der Waals surface area contributed by atoms with E-state index in [2.05, 4.69) is 48.6 Å². The van der Waals surface area contributed by atoms with Gasteiger partial charge < -0.3 is 0 Å². The number of benzene rings is 1. The predicted molar refractivity (Wildman–Crippen MR) is 84.7 cm³/mol. The van der Waals surface area contributed by atoms with Gasteiger partial charge in [-0.3, -0.25) is 0 Å². The van der Waals surface area contributed by atoms with Crippen LogP contribution in [0.4, 0.5) is 0 Å². The van der Waals surface area contributed by atoms with Crippen molar-refractivity contribution in [3.05, 3.63) is 102 Å². The third kappa shape index (κ3) is 5.22. The minimum Gasteiger partial charge on any atom is -0.0801 e. The summed E-state index contributed by atoms with van der Waals surface area (Å²) in [6, 6.07) is 10.3. The first kappa shape index (κ1) is 13.1. The molecule has 1 aliphatic rings. The first-order valence-electron chi connectivity index (χ1n) is 6.54. The molecule has 0 radical (unpaired) electrons. The van der Waals surface area contributed by atoms with Crippen LogP contribution in [0.5, 0.6) is 0 Å². The molecule has 0 fully saturated rings. The van der Waals surface area contributed by atoms with E-state index in [1.165, 1.54) is 11.1 Å². The van der Waals surface area contributed by atoms with E-state index >= 15 is 0 Å². The molecule has 0 aliphatic heterocycles. The van der Waals surface area contributed by atoms with Crippen LogP contribution >= 0.6 is 0 Å². The fourth-order valence-corrected chi connectivity index (χ4v) is 1.75. The Balaban J connectivity index is 1.73. The highest BCUT2D eigenvalue weighted by atomic mass is 14.0. The van der Waals surface area contributed by atoms with Crippen LogP contribution in [0.15, 0.2) is 96.7 Å². The zero-order valence-corrected chi connectivity index (χ0v) is 10.9. The Morgan fingerprint density at radius 1 is 0.737 bits per heavy atom. The third-order valence-corrected chi connectivity index (χ3v) is 2.75. The Morgan fingerprint density at radius 2 is 1.42 bits per heavy atom. The Labute approximate surface area is 115 Å². The topological polar surface area (TPSA) is 0 Å². The molecule has 0 heterocycles. The van der Waals surface area contributed by atoms with Crippen molar-refractivity contribution in [3.8, 4) is 0 Å². The van der Waals surface area contributed by atoms with E-state index in [9.17, 15) is 0 Å². The minimum atomic E-state index is 1.06. The Bertz CT molecular complexity index is 549. The molecule has 0 atom stereocenters. The zero-order chi connectivity index (χ0) is 13.2. The monoisotopic (exact) mass is 246 g/mol. The van der Waals surface area contributed by atoms with E-state index < -0.39 is 0 Å². The van der Waals surface area contributed by atoms with Gasteiger partial charge >= 0.3 is 0 Å². The molecular weight excluding hydrogens is 228 g/mol. The summed E-state index contributed by atoms with van der Waals surface area (Å²) in [7, 11) is 0. The molecule has 0 unspecified atom stereocenters. The molecule has 0 spiro atoms. The molecule has 0 nitrogen and oxygen atoms in total. The highest BCUT2D eigenvalue weighted by Gasteiger charge is 1.90. The van der Waals surface area contributed by atoms with Crippen LogP contribution in [-0.4, -0.2) is 0 Å². The summed E-state index contributed by atoms with van der Waals surface area (Å²) in [5, 5.41) is 0. The second-order valence-corrected chi connectivity index (χ2v) is 4.27. The van der Waals surface area contributed by atoms with E-state index in [1.54, 1.807) is 0 Å². The van der Waals surface area contributed by atoms with Crippen LogP contribution < -0.4 is 0 Å². The van der Waals surface area contributed by atoms with E-state index in [0.29, 0.717) is 0 Å². The number of hydrogen-bond acceptors (Lipinski definition) is 0. The highest BCUT2D eigenvalue weighted by Crippen LogP contribution is 2.10. The van der Waals surface area contributed by atoms with Crippen molar-refractivity contribution in [2.24, 2.45) is 0 Å². The first-order chi connectivity index (χ1) is 9.45. The van der Waals surface area contributed by atoms with Gasteiger partial charge in [0.2, 0.25) is 0 Å². The van der Waals surface area contributed by atoms with Crippen LogP contribution in [0, 0.1) is 0 Å². The van der Waals surface area contributed by atoms with Crippen molar-refractivity contribution in [3.63, 3.8) is 0 Å². The Hall–Kier alpha value is -2.34. The lowest BCUT2D eigenvalue weighted by Crippen LogP contribution is -1.67. The SMILES string of the molecule is C1=CCC(/C=C/C=C/C=C/C=C/c2ccccc2)=C1. The molecule has 0 heteroatoms. The molecule has 1 aliphatic carbocycles. The second-order valence-electron chi connectivity index (χ2n) is 4.27. The highest BCUT2D eigenvalue weighted by molar-refractivity contribution is 5.50. The number of hydrogen-bond donors (Lipinski definition) is 0. The van der Waals surface area contributed by atoms with Gasteiger partial charge in [-0.05, 0) is 17.6 Å². The average Bonchev–Trinajstić information content (AvgIpc) is 2.96. The van der Waals surface area contributed by atoms with Gasteiger partial charge in [-0.15, -0.1) is 0 Å². The molecule has 0 bridgehead atoms. The van der Waals surface area contributed by atoms with Crippen LogP contribution in [0.25, 0.3) is 6.08 Å². The molecule has 94 valence electrons. The standard InChI is InChI=1S/C19H18/c1(2-4-7-13-19-16-10-11-17-19)3-6-12-18-14-8-5-9-15-18/h1-16H,17H2/b3-1+,4-2+,12-6+,13-7+. The van der Waals surface area contributed by atoms with Crippen molar-refractivity contribution in [1.82, 2.24) is 0 Å². The van der Waals surface area contributed by atoms with Crippen LogP contribution in [0.1, 0.15) is 12.0 Å². The molecule has 19 heavy (non-hydrogen) atoms. The maximum absolute atomic E-state index is 2.16. The van der Waals surface area contributed by atoms with Gasteiger partial charge in [0.05, 0.1) is 0 Å². The first-order valence-corrected chi connectivity index (χ1v) is 6.54. The summed E-state index contributed by atoms with van der Waals surface area (Å²) in [5.74, 6) is 0. The van der Waals surface area contributed by atoms with Crippen molar-refractivity contribution in [1.29, 1.82) is 0 Å². The van der Waals surface area contributed by atoms with E-state index in [-0.39, 0.29) is 0 Å². The Kier molecular flexibility index (Phi) is 5.44. The molecule has 0 N–H and O–H groups in total. The minimum absolute atomic E-state index is 1.06. The zero-order valence-electron chi connectivity index (χ0n) is 10.9. The summed E-state index contributed by atoms with van der Waals surface area (Å²) >= 11 is 0. The summed E-state index contributed by atoms with van der Waals surface area (Å²) in [4.78, 5) is 0. The maximum Gasteiger partial charge on any atom is -0.00943 e. The second kappa shape index (κ2) is 7.88. The van der Waals surface area contributed by atoms with E-state index in [0.717, 1.165) is 6.42 Å². The van der Waals surface area contributed by atoms with Gasteiger partial charge in [0.25, 0.3) is 0 Å². The molecule has 0 saturated carbocycles. The summed E-state index contributed by atoms with van der Waals surface area (Å²) < 4.78 is 0. The summed E-state index contributed by atoms with van der Waals surface area (Å²) in [6.45, 7) is 0. The Morgan fingerprint density at radius 3 is 2.11 bits per heavy atom. The van der Waals surface area contributed by atoms with Gasteiger partial charge in [-0.1, -0.05) is 97.2 Å². The van der Waals surface area contributed by atoms with Crippen molar-refractivity contribution in [2.75, 3.05) is 0 Å². The van der Waals surface area contributed by atoms with E-state index in [4.69, 9.17) is 0 Å². The van der Waals surface area contributed by atoms with Gasteiger partial charge in [-0.2, -0.15) is 0 Å². The lowest BCUT2D eigenvalue weighted by atomic mass is 10.2. The van der Waals surface area contributed by atoms with Gasteiger partial charge in [0, 0.05) is 0 Å². The van der Waals surface area contributed by atoms with Crippen molar-refractivity contribution < 1.29 is 0 Å². The smallest absolute Gasteiger partial charge is 0.00943 e. The quantitative estimate of drug-likeness (QED) is 0.622. The van der Waals surface area contributed by atoms with E-state index in [1.807, 2.05) is 48.6 Å². The molecule has 0 aromatic heterocycles. The molecule has 1 aromatic rings. The molecular formula is C19H18. The van der Waals surface area contributed by atoms with Crippen LogP contribution in [-0.2, 0) is 0 Å². The summed E-state index contributed by atoms with van der Waals surface area (Å²) in [6.07, 6.45) is 24.0. The third-order valence-electron chi connectivity index (χ3n) is 2.75. The van der Waals surface area contributed by atoms with Crippen LogP contribution in [0.2, 0.25) is 0 Å². The van der Waals surface area contributed by atoms with Gasteiger partial charge in [0.15, 0.2) is 0 Å².